The monoisotopic (exact) mass is 367 g/mol. The van der Waals surface area contributed by atoms with Crippen molar-refractivity contribution < 1.29 is 14.3 Å². The molecule has 26 heavy (non-hydrogen) atoms. The third kappa shape index (κ3) is 3.73. The van der Waals surface area contributed by atoms with Crippen LogP contribution in [0.2, 0.25) is 0 Å². The number of benzene rings is 2. The fourth-order valence-electron chi connectivity index (χ4n) is 2.41. The van der Waals surface area contributed by atoms with E-state index >= 15 is 0 Å². The van der Waals surface area contributed by atoms with Crippen LogP contribution < -0.4 is 15.0 Å². The van der Waals surface area contributed by atoms with Gasteiger partial charge in [-0.3, -0.25) is 14.2 Å². The van der Waals surface area contributed by atoms with Crippen molar-refractivity contribution in [2.75, 3.05) is 7.11 Å². The smallest absolute Gasteiger partial charge is 0.271 e. The number of hydrogen-bond acceptors (Lipinski definition) is 5. The second kappa shape index (κ2) is 7.79. The van der Waals surface area contributed by atoms with E-state index in [-0.39, 0.29) is 11.8 Å². The molecular weight excluding hydrogens is 350 g/mol. The molecular formula is C19H17N3O3S. The van der Waals surface area contributed by atoms with Crippen LogP contribution >= 0.6 is 11.3 Å². The summed E-state index contributed by atoms with van der Waals surface area (Å²) in [5.74, 6) is 0.124. The molecule has 0 aliphatic heterocycles. The molecule has 0 saturated carbocycles. The highest BCUT2D eigenvalue weighted by atomic mass is 32.1. The summed E-state index contributed by atoms with van der Waals surface area (Å²) in [5.41, 5.74) is 4.58. The van der Waals surface area contributed by atoms with Crippen molar-refractivity contribution in [3.8, 4) is 17.0 Å². The molecule has 7 heteroatoms. The van der Waals surface area contributed by atoms with Crippen LogP contribution in [-0.2, 0) is 0 Å². The zero-order valence-corrected chi connectivity index (χ0v) is 15.1. The molecule has 0 saturated heterocycles. The molecule has 1 aromatic heterocycles. The van der Waals surface area contributed by atoms with Gasteiger partial charge in [0.15, 0.2) is 0 Å². The molecule has 0 spiro atoms. The fraction of sp³-hybridized carbons (Fsp3) is 0.105. The second-order valence-electron chi connectivity index (χ2n) is 5.41. The van der Waals surface area contributed by atoms with E-state index in [0.29, 0.717) is 16.1 Å². The first-order chi connectivity index (χ1) is 12.6. The molecule has 0 bridgehead atoms. The second-order valence-corrected chi connectivity index (χ2v) is 6.24. The first-order valence-corrected chi connectivity index (χ1v) is 8.73. The number of carbonyl (C=O) groups is 2. The quantitative estimate of drug-likeness (QED) is 0.720. The van der Waals surface area contributed by atoms with Gasteiger partial charge in [0.05, 0.1) is 12.8 Å². The summed E-state index contributed by atoms with van der Waals surface area (Å²) in [7, 11) is 1.56. The van der Waals surface area contributed by atoms with Gasteiger partial charge in [-0.25, -0.2) is 5.43 Å². The Hall–Kier alpha value is -3.19. The van der Waals surface area contributed by atoms with Gasteiger partial charge in [0.2, 0.25) is 10.7 Å². The number of aromatic nitrogens is 1. The Balaban J connectivity index is 1.90. The van der Waals surface area contributed by atoms with Crippen molar-refractivity contribution in [1.82, 2.24) is 9.99 Å². The molecule has 132 valence electrons. The largest absolute Gasteiger partial charge is 0.497 e. The maximum absolute atomic E-state index is 12.2. The Morgan fingerprint density at radius 1 is 1.08 bits per heavy atom. The predicted molar refractivity (Wildman–Crippen MR) is 100 cm³/mol. The van der Waals surface area contributed by atoms with E-state index in [4.69, 9.17) is 4.74 Å². The minimum Gasteiger partial charge on any atom is -0.497 e. The molecule has 1 N–H and O–H groups in total. The Morgan fingerprint density at radius 3 is 2.38 bits per heavy atom. The number of ether oxygens (including phenoxy) is 1. The number of methoxy groups -OCH3 is 1. The highest BCUT2D eigenvalue weighted by molar-refractivity contribution is 7.07. The van der Waals surface area contributed by atoms with Crippen molar-refractivity contribution >= 4 is 23.2 Å². The summed E-state index contributed by atoms with van der Waals surface area (Å²) < 4.78 is 6.55. The molecule has 1 heterocycles. The Kier molecular flexibility index (Phi) is 5.28. The Morgan fingerprint density at radius 2 is 1.77 bits per heavy atom. The van der Waals surface area contributed by atoms with Gasteiger partial charge >= 0.3 is 0 Å². The van der Waals surface area contributed by atoms with E-state index in [2.05, 4.69) is 10.5 Å². The number of hydrogen-bond donors (Lipinski definition) is 1. The lowest BCUT2D eigenvalue weighted by Gasteiger charge is -2.05. The van der Waals surface area contributed by atoms with Gasteiger partial charge in [-0.15, -0.1) is 16.4 Å². The molecule has 0 radical (unpaired) electrons. The molecule has 0 aliphatic carbocycles. The highest BCUT2D eigenvalue weighted by Crippen LogP contribution is 2.19. The fourth-order valence-corrected chi connectivity index (χ4v) is 3.30. The summed E-state index contributed by atoms with van der Waals surface area (Å²) in [6.07, 6.45) is 0. The van der Waals surface area contributed by atoms with E-state index in [1.54, 1.807) is 31.4 Å². The molecule has 2 aromatic carbocycles. The number of nitrogens with one attached hydrogen (secondary N) is 1. The minimum atomic E-state index is -0.364. The molecule has 0 atom stereocenters. The van der Waals surface area contributed by atoms with Crippen molar-refractivity contribution in [3.63, 3.8) is 0 Å². The van der Waals surface area contributed by atoms with Crippen molar-refractivity contribution in [3.05, 3.63) is 70.3 Å². The van der Waals surface area contributed by atoms with Gasteiger partial charge in [-0.05, 0) is 29.8 Å². The SMILES string of the molecule is COc1ccc(C(=O)N/N=c2/scc(-c3ccccc3)n2C(C)=O)cc1. The predicted octanol–water partition coefficient (Wildman–Crippen LogP) is 3.13. The number of carbonyl (C=O) groups excluding carboxylic acids is 2. The maximum Gasteiger partial charge on any atom is 0.271 e. The topological polar surface area (TPSA) is 72.7 Å². The zero-order valence-electron chi connectivity index (χ0n) is 14.3. The average molecular weight is 367 g/mol. The standard InChI is InChI=1S/C19H17N3O3S/c1-13(23)22-17(14-6-4-3-5-7-14)12-26-19(22)21-20-18(24)15-8-10-16(25-2)11-9-15/h3-12H,1-2H3,(H,20,24)/b21-19+. The van der Waals surface area contributed by atoms with Crippen LogP contribution in [0, 0.1) is 0 Å². The molecule has 0 aliphatic rings. The summed E-state index contributed by atoms with van der Waals surface area (Å²) in [5, 5.41) is 5.96. The van der Waals surface area contributed by atoms with Crippen molar-refractivity contribution in [1.29, 1.82) is 0 Å². The van der Waals surface area contributed by atoms with E-state index < -0.39 is 0 Å². The zero-order chi connectivity index (χ0) is 18.5. The molecule has 1 amide bonds. The van der Waals surface area contributed by atoms with Crippen LogP contribution in [0.1, 0.15) is 22.1 Å². The van der Waals surface area contributed by atoms with Gasteiger partial charge in [0.1, 0.15) is 5.75 Å². The van der Waals surface area contributed by atoms with Gasteiger partial charge in [0, 0.05) is 17.9 Å². The normalized spacial score (nSPS) is 11.2. The lowest BCUT2D eigenvalue weighted by Crippen LogP contribution is -2.27. The van der Waals surface area contributed by atoms with Crippen LogP contribution in [0.15, 0.2) is 65.1 Å². The summed E-state index contributed by atoms with van der Waals surface area (Å²) >= 11 is 1.28. The van der Waals surface area contributed by atoms with Crippen LogP contribution in [0.3, 0.4) is 0 Å². The third-order valence-corrected chi connectivity index (χ3v) is 4.52. The average Bonchev–Trinajstić information content (AvgIpc) is 3.11. The van der Waals surface area contributed by atoms with E-state index in [1.807, 2.05) is 35.7 Å². The van der Waals surface area contributed by atoms with Crippen LogP contribution in [0.5, 0.6) is 5.75 Å². The molecule has 0 fully saturated rings. The summed E-state index contributed by atoms with van der Waals surface area (Å²) in [6.45, 7) is 1.46. The van der Waals surface area contributed by atoms with E-state index in [9.17, 15) is 9.59 Å². The van der Waals surface area contributed by atoms with Crippen molar-refractivity contribution in [2.45, 2.75) is 6.92 Å². The van der Waals surface area contributed by atoms with E-state index in [1.165, 1.54) is 22.8 Å². The first-order valence-electron chi connectivity index (χ1n) is 7.85. The van der Waals surface area contributed by atoms with Gasteiger partial charge in [-0.1, -0.05) is 30.3 Å². The highest BCUT2D eigenvalue weighted by Gasteiger charge is 2.12. The van der Waals surface area contributed by atoms with Crippen LogP contribution in [-0.4, -0.2) is 23.5 Å². The molecule has 0 unspecified atom stereocenters. The van der Waals surface area contributed by atoms with Crippen LogP contribution in [0.4, 0.5) is 0 Å². The minimum absolute atomic E-state index is 0.178. The third-order valence-electron chi connectivity index (χ3n) is 3.70. The number of amides is 1. The van der Waals surface area contributed by atoms with Crippen LogP contribution in [0.25, 0.3) is 11.3 Å². The number of nitrogens with zero attached hydrogens (tertiary/aromatic N) is 2. The maximum atomic E-state index is 12.2. The Bertz CT molecular complexity index is 989. The molecule has 6 nitrogen and oxygen atoms in total. The number of thiazole rings is 1. The molecule has 3 rings (SSSR count). The van der Waals surface area contributed by atoms with Gasteiger partial charge in [0.25, 0.3) is 5.91 Å². The van der Waals surface area contributed by atoms with Gasteiger partial charge in [-0.2, -0.15) is 0 Å². The first kappa shape index (κ1) is 17.6. The number of rotatable bonds is 4. The lowest BCUT2D eigenvalue weighted by molar-refractivity contribution is 0.0923. The molecule has 3 aromatic rings. The van der Waals surface area contributed by atoms with E-state index in [0.717, 1.165) is 11.3 Å². The van der Waals surface area contributed by atoms with Gasteiger partial charge < -0.3 is 4.74 Å². The van der Waals surface area contributed by atoms with Crippen molar-refractivity contribution in [2.24, 2.45) is 5.10 Å². The summed E-state index contributed by atoms with van der Waals surface area (Å²) in [4.78, 5) is 24.7. The summed E-state index contributed by atoms with van der Waals surface area (Å²) in [6, 6.07) is 16.2. The Labute approximate surface area is 154 Å². The lowest BCUT2D eigenvalue weighted by atomic mass is 10.2.